The van der Waals surface area contributed by atoms with E-state index in [-0.39, 0.29) is 5.56 Å². The second kappa shape index (κ2) is 12.0. The van der Waals surface area contributed by atoms with Crippen LogP contribution in [0.15, 0.2) is 81.6 Å². The third-order valence-corrected chi connectivity index (χ3v) is 6.62. The van der Waals surface area contributed by atoms with E-state index in [2.05, 4.69) is 58.8 Å². The number of hydrogen-bond donors (Lipinski definition) is 0. The van der Waals surface area contributed by atoms with Crippen molar-refractivity contribution in [2.75, 3.05) is 6.61 Å². The van der Waals surface area contributed by atoms with Gasteiger partial charge in [0.05, 0.1) is 23.7 Å². The zero-order chi connectivity index (χ0) is 28.2. The highest BCUT2D eigenvalue weighted by Crippen LogP contribution is 2.34. The SMILES string of the molecule is C=CCc1cc(C=Nn2c(C(C)(C)C)nc3ccc(Br)cc3c2=O)cc(OCC)c1OCc1ccc(C)cc1. The lowest BCUT2D eigenvalue weighted by Gasteiger charge is -2.21. The van der Waals surface area contributed by atoms with E-state index >= 15 is 0 Å². The van der Waals surface area contributed by atoms with E-state index in [0.717, 1.165) is 21.2 Å². The van der Waals surface area contributed by atoms with Crippen molar-refractivity contribution in [3.63, 3.8) is 0 Å². The molecule has 0 fully saturated rings. The van der Waals surface area contributed by atoms with Crippen LogP contribution >= 0.6 is 15.9 Å². The Balaban J connectivity index is 1.78. The highest BCUT2D eigenvalue weighted by molar-refractivity contribution is 9.10. The van der Waals surface area contributed by atoms with E-state index < -0.39 is 5.41 Å². The molecule has 39 heavy (non-hydrogen) atoms. The van der Waals surface area contributed by atoms with Crippen molar-refractivity contribution < 1.29 is 9.47 Å². The number of aromatic nitrogens is 2. The number of ether oxygens (including phenoxy) is 2. The molecule has 0 N–H and O–H groups in total. The highest BCUT2D eigenvalue weighted by atomic mass is 79.9. The topological polar surface area (TPSA) is 65.7 Å². The molecule has 6 nitrogen and oxygen atoms in total. The summed E-state index contributed by atoms with van der Waals surface area (Å²) in [6.07, 6.45) is 4.09. The highest BCUT2D eigenvalue weighted by Gasteiger charge is 2.23. The smallest absolute Gasteiger partial charge is 0.282 e. The van der Waals surface area contributed by atoms with E-state index in [4.69, 9.17) is 14.5 Å². The summed E-state index contributed by atoms with van der Waals surface area (Å²) in [6.45, 7) is 14.9. The number of rotatable bonds is 9. The van der Waals surface area contributed by atoms with Gasteiger partial charge in [-0.15, -0.1) is 6.58 Å². The largest absolute Gasteiger partial charge is 0.490 e. The second-order valence-corrected chi connectivity index (χ2v) is 11.3. The van der Waals surface area contributed by atoms with Crippen LogP contribution in [0.1, 0.15) is 55.8 Å². The molecule has 0 atom stereocenters. The minimum atomic E-state index is -0.407. The fourth-order valence-corrected chi connectivity index (χ4v) is 4.56. The van der Waals surface area contributed by atoms with Gasteiger partial charge in [-0.25, -0.2) is 4.98 Å². The minimum Gasteiger partial charge on any atom is -0.490 e. The molecule has 4 aromatic rings. The summed E-state index contributed by atoms with van der Waals surface area (Å²) in [5, 5.41) is 5.13. The van der Waals surface area contributed by atoms with Gasteiger partial charge in [0.2, 0.25) is 0 Å². The lowest BCUT2D eigenvalue weighted by molar-refractivity contribution is 0.267. The Kier molecular flexibility index (Phi) is 8.70. The van der Waals surface area contributed by atoms with Crippen molar-refractivity contribution in [2.45, 2.75) is 53.1 Å². The van der Waals surface area contributed by atoms with Crippen molar-refractivity contribution >= 4 is 33.0 Å². The van der Waals surface area contributed by atoms with Crippen molar-refractivity contribution in [3.8, 4) is 11.5 Å². The Hall–Kier alpha value is -3.71. The fourth-order valence-electron chi connectivity index (χ4n) is 4.20. The Morgan fingerprint density at radius 2 is 1.82 bits per heavy atom. The molecule has 202 valence electrons. The zero-order valence-electron chi connectivity index (χ0n) is 23.1. The van der Waals surface area contributed by atoms with Crippen molar-refractivity contribution in [3.05, 3.63) is 110 Å². The van der Waals surface area contributed by atoms with Gasteiger partial charge >= 0.3 is 0 Å². The van der Waals surface area contributed by atoms with Crippen LogP contribution in [0.5, 0.6) is 11.5 Å². The van der Waals surface area contributed by atoms with Crippen LogP contribution in [0, 0.1) is 6.92 Å². The van der Waals surface area contributed by atoms with E-state index in [1.54, 1.807) is 12.3 Å². The van der Waals surface area contributed by atoms with Gasteiger partial charge in [-0.3, -0.25) is 4.79 Å². The predicted octanol–water partition coefficient (Wildman–Crippen LogP) is 7.35. The molecule has 0 aliphatic heterocycles. The van der Waals surface area contributed by atoms with Gasteiger partial charge in [0, 0.05) is 15.5 Å². The van der Waals surface area contributed by atoms with Gasteiger partial charge in [0.15, 0.2) is 11.5 Å². The van der Waals surface area contributed by atoms with Crippen molar-refractivity contribution in [1.82, 2.24) is 9.66 Å². The summed E-state index contributed by atoms with van der Waals surface area (Å²) in [5.74, 6) is 1.88. The summed E-state index contributed by atoms with van der Waals surface area (Å²) in [4.78, 5) is 18.3. The molecule has 7 heteroatoms. The summed E-state index contributed by atoms with van der Waals surface area (Å²) in [6, 6.07) is 17.6. The Morgan fingerprint density at radius 3 is 2.49 bits per heavy atom. The molecule has 1 aromatic heterocycles. The maximum Gasteiger partial charge on any atom is 0.282 e. The predicted molar refractivity (Wildman–Crippen MR) is 162 cm³/mol. The monoisotopic (exact) mass is 587 g/mol. The molecule has 3 aromatic carbocycles. The number of allylic oxidation sites excluding steroid dienone is 1. The van der Waals surface area contributed by atoms with Crippen LogP contribution in [-0.4, -0.2) is 22.5 Å². The summed E-state index contributed by atoms with van der Waals surface area (Å²) in [5.41, 5.74) is 3.98. The van der Waals surface area contributed by atoms with Gasteiger partial charge in [0.1, 0.15) is 12.4 Å². The molecule has 0 aliphatic rings. The van der Waals surface area contributed by atoms with Crippen molar-refractivity contribution in [1.29, 1.82) is 0 Å². The normalized spacial score (nSPS) is 11.7. The standard InChI is InChI=1S/C32H34BrN3O3/c1-7-9-24-16-23(17-28(38-8-2)29(24)39-20-22-12-10-21(3)11-13-22)19-34-36-30(37)26-18-25(33)14-15-27(26)35-31(36)32(4,5)6/h7,10-19H,1,8-9,20H2,2-6H3. The molecular weight excluding hydrogens is 554 g/mol. The lowest BCUT2D eigenvalue weighted by Crippen LogP contribution is -2.29. The van der Waals surface area contributed by atoms with E-state index in [9.17, 15) is 4.79 Å². The number of hydrogen-bond acceptors (Lipinski definition) is 5. The quantitative estimate of drug-likeness (QED) is 0.152. The van der Waals surface area contributed by atoms with E-state index in [1.165, 1.54) is 10.2 Å². The Bertz CT molecular complexity index is 1580. The molecule has 0 bridgehead atoms. The Morgan fingerprint density at radius 1 is 1.08 bits per heavy atom. The van der Waals surface area contributed by atoms with Crippen LogP contribution in [0.25, 0.3) is 10.9 Å². The average molecular weight is 589 g/mol. The molecule has 0 saturated heterocycles. The van der Waals surface area contributed by atoms with Gasteiger partial charge in [0.25, 0.3) is 5.56 Å². The lowest BCUT2D eigenvalue weighted by atomic mass is 9.95. The maximum atomic E-state index is 13.5. The van der Waals surface area contributed by atoms with Crippen LogP contribution in [0.4, 0.5) is 0 Å². The Labute approximate surface area is 238 Å². The van der Waals surface area contributed by atoms with Gasteiger partial charge in [-0.2, -0.15) is 9.78 Å². The average Bonchev–Trinajstić information content (AvgIpc) is 2.88. The molecule has 0 spiro atoms. The second-order valence-electron chi connectivity index (χ2n) is 10.4. The molecule has 0 radical (unpaired) electrons. The van der Waals surface area contributed by atoms with Crippen LogP contribution in [0.2, 0.25) is 0 Å². The molecule has 0 amide bonds. The summed E-state index contributed by atoms with van der Waals surface area (Å²) in [7, 11) is 0. The number of aryl methyl sites for hydroxylation is 1. The van der Waals surface area contributed by atoms with E-state index in [1.807, 2.05) is 58.0 Å². The summed E-state index contributed by atoms with van der Waals surface area (Å²) < 4.78 is 14.5. The first-order valence-corrected chi connectivity index (χ1v) is 13.8. The van der Waals surface area contributed by atoms with Gasteiger partial charge < -0.3 is 9.47 Å². The minimum absolute atomic E-state index is 0.225. The molecule has 4 rings (SSSR count). The first kappa shape index (κ1) is 28.3. The zero-order valence-corrected chi connectivity index (χ0v) is 24.7. The maximum absolute atomic E-state index is 13.5. The van der Waals surface area contributed by atoms with Crippen molar-refractivity contribution in [2.24, 2.45) is 5.10 Å². The molecular formula is C32H34BrN3O3. The summed E-state index contributed by atoms with van der Waals surface area (Å²) >= 11 is 3.46. The third-order valence-electron chi connectivity index (χ3n) is 6.12. The first-order valence-electron chi connectivity index (χ1n) is 13.0. The number of benzene rings is 3. The fraction of sp³-hybridized carbons (Fsp3) is 0.281. The van der Waals surface area contributed by atoms with Crippen LogP contribution < -0.4 is 15.0 Å². The third kappa shape index (κ3) is 6.66. The van der Waals surface area contributed by atoms with E-state index in [0.29, 0.717) is 47.9 Å². The van der Waals surface area contributed by atoms with Gasteiger partial charge in [-0.05, 0) is 61.7 Å². The number of halogens is 1. The number of fused-ring (bicyclic) bond motifs is 1. The first-order chi connectivity index (χ1) is 18.6. The molecule has 0 aliphatic carbocycles. The van der Waals surface area contributed by atoms with Gasteiger partial charge in [-0.1, -0.05) is 72.6 Å². The number of nitrogens with zero attached hydrogens (tertiary/aromatic N) is 3. The van der Waals surface area contributed by atoms with Crippen LogP contribution in [-0.2, 0) is 18.4 Å². The molecule has 1 heterocycles. The van der Waals surface area contributed by atoms with Crippen LogP contribution in [0.3, 0.4) is 0 Å². The molecule has 0 saturated carbocycles. The molecule has 0 unspecified atom stereocenters.